The number of halogens is 1. The van der Waals surface area contributed by atoms with E-state index in [1.165, 1.54) is 0 Å². The summed E-state index contributed by atoms with van der Waals surface area (Å²) in [5.41, 5.74) is 12.9. The lowest BCUT2D eigenvalue weighted by molar-refractivity contribution is 0.930. The molecular weight excluding hydrogens is 256 g/mol. The summed E-state index contributed by atoms with van der Waals surface area (Å²) >= 11 is 3.39. The van der Waals surface area contributed by atoms with Crippen molar-refractivity contribution in [3.63, 3.8) is 0 Å². The Labute approximate surface area is 95.8 Å². The molecule has 0 aliphatic carbocycles. The Balaban J connectivity index is 2.68. The third-order valence-corrected chi connectivity index (χ3v) is 2.63. The molecule has 4 nitrogen and oxygen atoms in total. The van der Waals surface area contributed by atoms with Crippen molar-refractivity contribution in [2.24, 2.45) is 5.73 Å². The van der Waals surface area contributed by atoms with Crippen LogP contribution in [0.4, 0.5) is 5.95 Å². The Morgan fingerprint density at radius 2 is 2.07 bits per heavy atom. The zero-order valence-electron chi connectivity index (χ0n) is 8.07. The standard InChI is InChI=1S/C10H11BrN4/c11-6-1-2-7-8(3-4-12)14-10(13)15-9(7)5-6/h1-2,5H,3-4,12H2,(H2,13,14,15). The minimum Gasteiger partial charge on any atom is -0.368 e. The third-order valence-electron chi connectivity index (χ3n) is 2.14. The molecule has 78 valence electrons. The Kier molecular flexibility index (Phi) is 2.83. The van der Waals surface area contributed by atoms with Gasteiger partial charge >= 0.3 is 0 Å². The van der Waals surface area contributed by atoms with E-state index < -0.39 is 0 Å². The average molecular weight is 267 g/mol. The van der Waals surface area contributed by atoms with Crippen molar-refractivity contribution < 1.29 is 0 Å². The van der Waals surface area contributed by atoms with Gasteiger partial charge in [-0.2, -0.15) is 0 Å². The summed E-state index contributed by atoms with van der Waals surface area (Å²) in [5.74, 6) is 0.295. The second-order valence-corrected chi connectivity index (χ2v) is 4.14. The van der Waals surface area contributed by atoms with Gasteiger partial charge in [0.25, 0.3) is 0 Å². The molecule has 0 aliphatic rings. The van der Waals surface area contributed by atoms with Gasteiger partial charge in [0.15, 0.2) is 0 Å². The Bertz CT molecular complexity index is 493. The third kappa shape index (κ3) is 2.08. The first-order valence-corrected chi connectivity index (χ1v) is 5.41. The molecule has 0 saturated heterocycles. The van der Waals surface area contributed by atoms with Crippen molar-refractivity contribution in [3.05, 3.63) is 28.4 Å². The molecule has 0 aliphatic heterocycles. The van der Waals surface area contributed by atoms with E-state index in [1.54, 1.807) is 0 Å². The molecule has 0 unspecified atom stereocenters. The largest absolute Gasteiger partial charge is 0.368 e. The van der Waals surface area contributed by atoms with Crippen LogP contribution in [0.2, 0.25) is 0 Å². The first-order chi connectivity index (χ1) is 7.20. The molecule has 0 amide bonds. The maximum atomic E-state index is 5.63. The van der Waals surface area contributed by atoms with Gasteiger partial charge < -0.3 is 11.5 Å². The molecule has 1 heterocycles. The smallest absolute Gasteiger partial charge is 0.220 e. The van der Waals surface area contributed by atoms with Crippen molar-refractivity contribution in [1.82, 2.24) is 9.97 Å². The normalized spacial score (nSPS) is 10.8. The predicted molar refractivity (Wildman–Crippen MR) is 64.4 cm³/mol. The summed E-state index contributed by atoms with van der Waals surface area (Å²) < 4.78 is 0.979. The zero-order valence-corrected chi connectivity index (χ0v) is 9.66. The van der Waals surface area contributed by atoms with Gasteiger partial charge in [-0.1, -0.05) is 15.9 Å². The van der Waals surface area contributed by atoms with Crippen molar-refractivity contribution in [1.29, 1.82) is 0 Å². The van der Waals surface area contributed by atoms with Crippen LogP contribution in [0.15, 0.2) is 22.7 Å². The van der Waals surface area contributed by atoms with E-state index in [1.807, 2.05) is 18.2 Å². The predicted octanol–water partition coefficient (Wildman–Crippen LogP) is 1.48. The van der Waals surface area contributed by atoms with Crippen molar-refractivity contribution in [2.75, 3.05) is 12.3 Å². The SMILES string of the molecule is NCCc1nc(N)nc2cc(Br)ccc12. The summed E-state index contributed by atoms with van der Waals surface area (Å²) in [7, 11) is 0. The summed E-state index contributed by atoms with van der Waals surface area (Å²) in [6, 6.07) is 5.86. The highest BCUT2D eigenvalue weighted by Crippen LogP contribution is 2.21. The molecule has 4 N–H and O–H groups in total. The molecule has 1 aromatic carbocycles. The fourth-order valence-corrected chi connectivity index (χ4v) is 1.86. The lowest BCUT2D eigenvalue weighted by Gasteiger charge is -2.05. The van der Waals surface area contributed by atoms with Gasteiger partial charge in [0, 0.05) is 16.3 Å². The van der Waals surface area contributed by atoms with Gasteiger partial charge in [0.05, 0.1) is 11.2 Å². The van der Waals surface area contributed by atoms with E-state index in [2.05, 4.69) is 25.9 Å². The van der Waals surface area contributed by atoms with Gasteiger partial charge in [0.1, 0.15) is 0 Å². The fourth-order valence-electron chi connectivity index (χ4n) is 1.52. The Morgan fingerprint density at radius 1 is 1.27 bits per heavy atom. The van der Waals surface area contributed by atoms with E-state index >= 15 is 0 Å². The van der Waals surface area contributed by atoms with Crippen LogP contribution in [-0.2, 0) is 6.42 Å². The highest BCUT2D eigenvalue weighted by Gasteiger charge is 2.05. The molecule has 15 heavy (non-hydrogen) atoms. The summed E-state index contributed by atoms with van der Waals surface area (Å²) in [6.45, 7) is 0.557. The molecule has 5 heteroatoms. The second kappa shape index (κ2) is 4.12. The molecule has 0 saturated carbocycles. The van der Waals surface area contributed by atoms with Crippen LogP contribution in [0, 0.1) is 0 Å². The fraction of sp³-hybridized carbons (Fsp3) is 0.200. The summed E-state index contributed by atoms with van der Waals surface area (Å²) in [6.07, 6.45) is 0.713. The monoisotopic (exact) mass is 266 g/mol. The molecular formula is C10H11BrN4. The summed E-state index contributed by atoms with van der Waals surface area (Å²) in [4.78, 5) is 8.37. The van der Waals surface area contributed by atoms with Crippen molar-refractivity contribution in [3.8, 4) is 0 Å². The topological polar surface area (TPSA) is 77.8 Å². The number of aromatic nitrogens is 2. The van der Waals surface area contributed by atoms with Gasteiger partial charge in [-0.05, 0) is 24.7 Å². The summed E-state index contributed by atoms with van der Waals surface area (Å²) in [5, 5.41) is 1.01. The van der Waals surface area contributed by atoms with Crippen LogP contribution in [0.25, 0.3) is 10.9 Å². The molecule has 0 fully saturated rings. The number of nitrogens with zero attached hydrogens (tertiary/aromatic N) is 2. The van der Waals surface area contributed by atoms with E-state index in [9.17, 15) is 0 Å². The number of fused-ring (bicyclic) bond motifs is 1. The average Bonchev–Trinajstić information content (AvgIpc) is 2.17. The number of nitrogens with two attached hydrogens (primary N) is 2. The van der Waals surface area contributed by atoms with Crippen molar-refractivity contribution >= 4 is 32.8 Å². The minimum atomic E-state index is 0.295. The quantitative estimate of drug-likeness (QED) is 0.863. The number of benzene rings is 1. The van der Waals surface area contributed by atoms with Crippen LogP contribution in [0.3, 0.4) is 0 Å². The molecule has 0 radical (unpaired) electrons. The molecule has 2 aromatic rings. The highest BCUT2D eigenvalue weighted by atomic mass is 79.9. The van der Waals surface area contributed by atoms with E-state index in [0.29, 0.717) is 18.9 Å². The Hall–Kier alpha value is -1.20. The number of anilines is 1. The van der Waals surface area contributed by atoms with E-state index in [4.69, 9.17) is 11.5 Å². The van der Waals surface area contributed by atoms with Crippen molar-refractivity contribution in [2.45, 2.75) is 6.42 Å². The van der Waals surface area contributed by atoms with E-state index in [0.717, 1.165) is 21.1 Å². The maximum Gasteiger partial charge on any atom is 0.220 e. The molecule has 0 bridgehead atoms. The molecule has 0 atom stereocenters. The second-order valence-electron chi connectivity index (χ2n) is 3.23. The van der Waals surface area contributed by atoms with Gasteiger partial charge in [-0.15, -0.1) is 0 Å². The van der Waals surface area contributed by atoms with Gasteiger partial charge in [0.2, 0.25) is 5.95 Å². The number of hydrogen-bond donors (Lipinski definition) is 2. The maximum absolute atomic E-state index is 5.63. The van der Waals surface area contributed by atoms with Gasteiger partial charge in [-0.25, -0.2) is 9.97 Å². The lowest BCUT2D eigenvalue weighted by atomic mass is 10.1. The first kappa shape index (κ1) is 10.3. The number of rotatable bonds is 2. The zero-order chi connectivity index (χ0) is 10.8. The molecule has 0 spiro atoms. The van der Waals surface area contributed by atoms with E-state index in [-0.39, 0.29) is 0 Å². The van der Waals surface area contributed by atoms with Crippen LogP contribution in [0.5, 0.6) is 0 Å². The lowest BCUT2D eigenvalue weighted by Crippen LogP contribution is -2.07. The first-order valence-electron chi connectivity index (χ1n) is 4.62. The van der Waals surface area contributed by atoms with Crippen LogP contribution >= 0.6 is 15.9 Å². The Morgan fingerprint density at radius 3 is 2.80 bits per heavy atom. The van der Waals surface area contributed by atoms with Gasteiger partial charge in [-0.3, -0.25) is 0 Å². The molecule has 2 rings (SSSR count). The van der Waals surface area contributed by atoms with Crippen LogP contribution in [-0.4, -0.2) is 16.5 Å². The number of hydrogen-bond acceptors (Lipinski definition) is 4. The van der Waals surface area contributed by atoms with Crippen LogP contribution < -0.4 is 11.5 Å². The highest BCUT2D eigenvalue weighted by molar-refractivity contribution is 9.10. The number of nitrogen functional groups attached to an aromatic ring is 1. The minimum absolute atomic E-state index is 0.295. The van der Waals surface area contributed by atoms with Crippen LogP contribution in [0.1, 0.15) is 5.69 Å². The molecule has 1 aromatic heterocycles.